The molecule has 2 nitrogen and oxygen atoms in total. The van der Waals surface area contributed by atoms with Gasteiger partial charge in [0.15, 0.2) is 0 Å². The lowest BCUT2D eigenvalue weighted by atomic mass is 9.94. The monoisotopic (exact) mass is 220 g/mol. The summed E-state index contributed by atoms with van der Waals surface area (Å²) in [6.45, 7) is 8.85. The summed E-state index contributed by atoms with van der Waals surface area (Å²) in [6, 6.07) is 4.39. The number of rotatable bonds is 5. The highest BCUT2D eigenvalue weighted by Gasteiger charge is 2.10. The summed E-state index contributed by atoms with van der Waals surface area (Å²) < 4.78 is 4.94. The molecule has 0 N–H and O–H groups in total. The fraction of sp³-hybridized carbons (Fsp3) is 0.500. The van der Waals surface area contributed by atoms with Crippen LogP contribution in [0.4, 0.5) is 0 Å². The van der Waals surface area contributed by atoms with E-state index in [1.54, 1.807) is 0 Å². The fourth-order valence-electron chi connectivity index (χ4n) is 2.23. The molecule has 1 aromatic rings. The minimum Gasteiger partial charge on any atom is -0.465 e. The lowest BCUT2D eigenvalue weighted by molar-refractivity contribution is -0.132. The van der Waals surface area contributed by atoms with Crippen LogP contribution in [0.15, 0.2) is 12.1 Å². The highest BCUT2D eigenvalue weighted by molar-refractivity contribution is 5.40. The Hall–Kier alpha value is -1.31. The molecule has 0 aliphatic heterocycles. The van der Waals surface area contributed by atoms with Gasteiger partial charge in [-0.25, -0.2) is 0 Å². The van der Waals surface area contributed by atoms with Crippen LogP contribution in [0.3, 0.4) is 0 Å². The molecule has 0 fully saturated rings. The van der Waals surface area contributed by atoms with Crippen LogP contribution < -0.4 is 0 Å². The Bertz CT molecular complexity index is 369. The molecule has 1 atom stereocenters. The molecule has 16 heavy (non-hydrogen) atoms. The average Bonchev–Trinajstić information content (AvgIpc) is 2.17. The first-order valence-electron chi connectivity index (χ1n) is 5.76. The van der Waals surface area contributed by atoms with Crippen LogP contribution >= 0.6 is 0 Å². The molecule has 0 aromatic heterocycles. The number of ether oxygens (including phenoxy) is 1. The average molecular weight is 220 g/mol. The van der Waals surface area contributed by atoms with Crippen molar-refractivity contribution in [2.45, 2.75) is 46.6 Å². The highest BCUT2D eigenvalue weighted by atomic mass is 16.5. The predicted octanol–water partition coefficient (Wildman–Crippen LogP) is 2.97. The SMILES string of the molecule is CCc1c(C)cc(C)cc1CC(C)OC=O. The Morgan fingerprint density at radius 3 is 2.62 bits per heavy atom. The molecular weight excluding hydrogens is 200 g/mol. The molecule has 88 valence electrons. The second-order valence-electron chi connectivity index (χ2n) is 4.32. The lowest BCUT2D eigenvalue weighted by Crippen LogP contribution is -2.12. The van der Waals surface area contributed by atoms with Crippen LogP contribution in [-0.4, -0.2) is 12.6 Å². The second kappa shape index (κ2) is 5.69. The second-order valence-corrected chi connectivity index (χ2v) is 4.32. The van der Waals surface area contributed by atoms with Gasteiger partial charge in [0.05, 0.1) is 0 Å². The van der Waals surface area contributed by atoms with Gasteiger partial charge >= 0.3 is 0 Å². The van der Waals surface area contributed by atoms with Crippen molar-refractivity contribution in [3.05, 3.63) is 34.4 Å². The van der Waals surface area contributed by atoms with Gasteiger partial charge in [-0.3, -0.25) is 4.79 Å². The molecule has 1 unspecified atom stereocenters. The maximum absolute atomic E-state index is 10.3. The van der Waals surface area contributed by atoms with Crippen LogP contribution in [0.1, 0.15) is 36.1 Å². The van der Waals surface area contributed by atoms with E-state index < -0.39 is 0 Å². The maximum Gasteiger partial charge on any atom is 0.293 e. The normalized spacial score (nSPS) is 12.2. The minimum atomic E-state index is -0.0519. The summed E-state index contributed by atoms with van der Waals surface area (Å²) >= 11 is 0. The van der Waals surface area contributed by atoms with Gasteiger partial charge in [0.25, 0.3) is 6.47 Å². The zero-order chi connectivity index (χ0) is 12.1. The summed E-state index contributed by atoms with van der Waals surface area (Å²) in [5.41, 5.74) is 5.28. The van der Waals surface area contributed by atoms with Crippen LogP contribution in [0, 0.1) is 13.8 Å². The van der Waals surface area contributed by atoms with Crippen LogP contribution in [0.5, 0.6) is 0 Å². The van der Waals surface area contributed by atoms with Gasteiger partial charge in [0.1, 0.15) is 6.10 Å². The summed E-state index contributed by atoms with van der Waals surface area (Å²) in [6.07, 6.45) is 1.77. The van der Waals surface area contributed by atoms with E-state index in [9.17, 15) is 4.79 Å². The molecule has 1 aromatic carbocycles. The summed E-state index contributed by atoms with van der Waals surface area (Å²) in [5.74, 6) is 0. The van der Waals surface area contributed by atoms with E-state index in [0.29, 0.717) is 6.47 Å². The van der Waals surface area contributed by atoms with Gasteiger partial charge in [0.2, 0.25) is 0 Å². The Kier molecular flexibility index (Phi) is 4.53. The molecule has 2 heteroatoms. The van der Waals surface area contributed by atoms with Gasteiger partial charge in [-0.05, 0) is 43.9 Å². The number of aryl methyl sites for hydroxylation is 2. The Morgan fingerprint density at radius 1 is 1.38 bits per heavy atom. The number of carbonyl (C=O) groups is 1. The van der Waals surface area contributed by atoms with Crippen molar-refractivity contribution in [1.82, 2.24) is 0 Å². The van der Waals surface area contributed by atoms with Crippen molar-refractivity contribution >= 4 is 6.47 Å². The first-order valence-corrected chi connectivity index (χ1v) is 5.76. The van der Waals surface area contributed by atoms with E-state index in [1.165, 1.54) is 22.3 Å². The highest BCUT2D eigenvalue weighted by Crippen LogP contribution is 2.19. The van der Waals surface area contributed by atoms with E-state index in [2.05, 4.69) is 32.9 Å². The first-order chi connectivity index (χ1) is 7.58. The largest absolute Gasteiger partial charge is 0.465 e. The Morgan fingerprint density at radius 2 is 2.06 bits per heavy atom. The smallest absolute Gasteiger partial charge is 0.293 e. The molecular formula is C14H20O2. The fourth-order valence-corrected chi connectivity index (χ4v) is 2.23. The van der Waals surface area contributed by atoms with Crippen LogP contribution in [-0.2, 0) is 22.4 Å². The Labute approximate surface area is 97.6 Å². The third-order valence-electron chi connectivity index (χ3n) is 2.86. The van der Waals surface area contributed by atoms with Crippen LogP contribution in [0.2, 0.25) is 0 Å². The van der Waals surface area contributed by atoms with Crippen LogP contribution in [0.25, 0.3) is 0 Å². The molecule has 0 amide bonds. The third kappa shape index (κ3) is 3.09. The maximum atomic E-state index is 10.3. The molecule has 1 rings (SSSR count). The number of hydrogen-bond donors (Lipinski definition) is 0. The van der Waals surface area contributed by atoms with E-state index in [4.69, 9.17) is 4.74 Å². The predicted molar refractivity (Wildman–Crippen MR) is 65.6 cm³/mol. The Balaban J connectivity index is 2.97. The zero-order valence-corrected chi connectivity index (χ0v) is 10.5. The van der Waals surface area contributed by atoms with Crippen molar-refractivity contribution in [3.63, 3.8) is 0 Å². The number of benzene rings is 1. The topological polar surface area (TPSA) is 26.3 Å². The number of carbonyl (C=O) groups excluding carboxylic acids is 1. The van der Waals surface area contributed by atoms with E-state index >= 15 is 0 Å². The number of hydrogen-bond acceptors (Lipinski definition) is 2. The van der Waals surface area contributed by atoms with Crippen molar-refractivity contribution in [2.75, 3.05) is 0 Å². The van der Waals surface area contributed by atoms with Gasteiger partial charge < -0.3 is 4.74 Å². The van der Waals surface area contributed by atoms with E-state index in [1.807, 2.05) is 6.92 Å². The molecule has 0 spiro atoms. The molecule has 0 aliphatic rings. The first kappa shape index (κ1) is 12.8. The molecule has 0 saturated heterocycles. The summed E-state index contributed by atoms with van der Waals surface area (Å²) in [4.78, 5) is 10.3. The van der Waals surface area contributed by atoms with E-state index in [0.717, 1.165) is 12.8 Å². The van der Waals surface area contributed by atoms with Crippen molar-refractivity contribution < 1.29 is 9.53 Å². The summed E-state index contributed by atoms with van der Waals surface area (Å²) in [5, 5.41) is 0. The van der Waals surface area contributed by atoms with Crippen molar-refractivity contribution in [2.24, 2.45) is 0 Å². The molecule has 0 saturated carbocycles. The van der Waals surface area contributed by atoms with Gasteiger partial charge in [0, 0.05) is 6.42 Å². The molecule has 0 aliphatic carbocycles. The van der Waals surface area contributed by atoms with Crippen molar-refractivity contribution in [1.29, 1.82) is 0 Å². The van der Waals surface area contributed by atoms with Gasteiger partial charge in [-0.15, -0.1) is 0 Å². The summed E-state index contributed by atoms with van der Waals surface area (Å²) in [7, 11) is 0. The van der Waals surface area contributed by atoms with Crippen molar-refractivity contribution in [3.8, 4) is 0 Å². The third-order valence-corrected chi connectivity index (χ3v) is 2.86. The molecule has 0 heterocycles. The lowest BCUT2D eigenvalue weighted by Gasteiger charge is -2.15. The van der Waals surface area contributed by atoms with Gasteiger partial charge in [-0.2, -0.15) is 0 Å². The zero-order valence-electron chi connectivity index (χ0n) is 10.5. The quantitative estimate of drug-likeness (QED) is 0.713. The molecule has 0 bridgehead atoms. The standard InChI is InChI=1S/C14H20O2/c1-5-14-11(3)6-10(2)7-13(14)8-12(4)16-9-15/h6-7,9,12H,5,8H2,1-4H3. The minimum absolute atomic E-state index is 0.0519. The van der Waals surface area contributed by atoms with Gasteiger partial charge in [-0.1, -0.05) is 24.6 Å². The molecule has 0 radical (unpaired) electrons. The van der Waals surface area contributed by atoms with E-state index in [-0.39, 0.29) is 6.10 Å².